The molecule has 0 aliphatic heterocycles. The zero-order chi connectivity index (χ0) is 15.2. The Morgan fingerprint density at radius 1 is 1.05 bits per heavy atom. The molecule has 0 aromatic heterocycles. The van der Waals surface area contributed by atoms with Crippen molar-refractivity contribution in [2.45, 2.75) is 51.4 Å². The summed E-state index contributed by atoms with van der Waals surface area (Å²) < 4.78 is 4.76. The standard InChI is InChI=1S/C20H26O2/c1-22-19(21)18-4-2-14(3-5-18)6-7-20-11-15-8-16(12-20)10-17(9-15)13-20/h2-5,15-17H,6-13H2,1H3. The van der Waals surface area contributed by atoms with Crippen molar-refractivity contribution in [2.24, 2.45) is 23.2 Å². The number of hydrogen-bond donors (Lipinski definition) is 0. The number of ether oxygens (including phenoxy) is 1. The topological polar surface area (TPSA) is 26.3 Å². The number of hydrogen-bond acceptors (Lipinski definition) is 2. The molecule has 2 heteroatoms. The minimum absolute atomic E-state index is 0.243. The molecule has 22 heavy (non-hydrogen) atoms. The van der Waals surface area contributed by atoms with Crippen molar-refractivity contribution in [3.8, 4) is 0 Å². The maximum absolute atomic E-state index is 11.5. The van der Waals surface area contributed by atoms with Gasteiger partial charge in [0.2, 0.25) is 0 Å². The molecule has 0 atom stereocenters. The quantitative estimate of drug-likeness (QED) is 0.758. The summed E-state index contributed by atoms with van der Waals surface area (Å²) in [5.41, 5.74) is 2.67. The van der Waals surface area contributed by atoms with Gasteiger partial charge in [0.1, 0.15) is 0 Å². The van der Waals surface area contributed by atoms with Crippen molar-refractivity contribution in [3.63, 3.8) is 0 Å². The molecular weight excluding hydrogens is 272 g/mol. The van der Waals surface area contributed by atoms with Gasteiger partial charge in [-0.2, -0.15) is 0 Å². The van der Waals surface area contributed by atoms with E-state index in [1.165, 1.54) is 57.6 Å². The summed E-state index contributed by atoms with van der Waals surface area (Å²) >= 11 is 0. The molecule has 0 amide bonds. The van der Waals surface area contributed by atoms with Crippen LogP contribution in [0.3, 0.4) is 0 Å². The van der Waals surface area contributed by atoms with E-state index in [0.717, 1.165) is 24.2 Å². The first-order chi connectivity index (χ1) is 10.7. The smallest absolute Gasteiger partial charge is 0.337 e. The van der Waals surface area contributed by atoms with E-state index >= 15 is 0 Å². The number of methoxy groups -OCH3 is 1. The fraction of sp³-hybridized carbons (Fsp3) is 0.650. The summed E-state index contributed by atoms with van der Waals surface area (Å²) in [6.45, 7) is 0. The van der Waals surface area contributed by atoms with Crippen molar-refractivity contribution in [2.75, 3.05) is 7.11 Å². The number of carbonyl (C=O) groups excluding carboxylic acids is 1. The molecule has 5 rings (SSSR count). The molecule has 4 saturated carbocycles. The van der Waals surface area contributed by atoms with Gasteiger partial charge in [-0.05, 0) is 92.2 Å². The molecule has 4 aliphatic carbocycles. The van der Waals surface area contributed by atoms with E-state index in [0.29, 0.717) is 11.0 Å². The molecule has 0 unspecified atom stereocenters. The van der Waals surface area contributed by atoms with Gasteiger partial charge in [0.05, 0.1) is 12.7 Å². The van der Waals surface area contributed by atoms with E-state index in [2.05, 4.69) is 12.1 Å². The fourth-order valence-electron chi connectivity index (χ4n) is 5.93. The van der Waals surface area contributed by atoms with Gasteiger partial charge in [0, 0.05) is 0 Å². The zero-order valence-corrected chi connectivity index (χ0v) is 13.5. The number of aryl methyl sites for hydroxylation is 1. The van der Waals surface area contributed by atoms with E-state index < -0.39 is 0 Å². The molecule has 0 heterocycles. The second-order valence-electron chi connectivity index (χ2n) is 8.11. The summed E-state index contributed by atoms with van der Waals surface area (Å²) in [4.78, 5) is 11.5. The molecule has 0 radical (unpaired) electrons. The Labute approximate surface area is 133 Å². The van der Waals surface area contributed by atoms with Crippen LogP contribution in [0.1, 0.15) is 60.9 Å². The lowest BCUT2D eigenvalue weighted by Crippen LogP contribution is -2.46. The second kappa shape index (κ2) is 5.40. The number of esters is 1. The monoisotopic (exact) mass is 298 g/mol. The third-order valence-electron chi connectivity index (χ3n) is 6.48. The van der Waals surface area contributed by atoms with Gasteiger partial charge in [-0.3, -0.25) is 0 Å². The molecule has 0 N–H and O–H groups in total. The number of benzene rings is 1. The number of rotatable bonds is 4. The third-order valence-corrected chi connectivity index (χ3v) is 6.48. The Morgan fingerprint density at radius 3 is 2.09 bits per heavy atom. The summed E-state index contributed by atoms with van der Waals surface area (Å²) in [6, 6.07) is 8.02. The van der Waals surface area contributed by atoms with Crippen LogP contribution in [0.5, 0.6) is 0 Å². The first kappa shape index (κ1) is 14.3. The Morgan fingerprint density at radius 2 is 1.59 bits per heavy atom. The highest BCUT2D eigenvalue weighted by molar-refractivity contribution is 5.89. The van der Waals surface area contributed by atoms with Crippen molar-refractivity contribution in [1.82, 2.24) is 0 Å². The van der Waals surface area contributed by atoms with Gasteiger partial charge in [0.25, 0.3) is 0 Å². The van der Waals surface area contributed by atoms with Gasteiger partial charge in [-0.1, -0.05) is 12.1 Å². The minimum Gasteiger partial charge on any atom is -0.465 e. The van der Waals surface area contributed by atoms with Crippen LogP contribution in [0.15, 0.2) is 24.3 Å². The number of carbonyl (C=O) groups is 1. The molecular formula is C20H26O2. The minimum atomic E-state index is -0.243. The zero-order valence-electron chi connectivity index (χ0n) is 13.5. The Bertz CT molecular complexity index is 522. The van der Waals surface area contributed by atoms with Crippen molar-refractivity contribution < 1.29 is 9.53 Å². The maximum Gasteiger partial charge on any atom is 0.337 e. The highest BCUT2D eigenvalue weighted by Gasteiger charge is 2.50. The maximum atomic E-state index is 11.5. The molecule has 4 aliphatic rings. The van der Waals surface area contributed by atoms with Crippen LogP contribution in [0.2, 0.25) is 0 Å². The van der Waals surface area contributed by atoms with Gasteiger partial charge in [-0.15, -0.1) is 0 Å². The fourth-order valence-corrected chi connectivity index (χ4v) is 5.93. The average molecular weight is 298 g/mol. The molecule has 118 valence electrons. The van der Waals surface area contributed by atoms with Crippen LogP contribution in [0, 0.1) is 23.2 Å². The molecule has 4 fully saturated rings. The Balaban J connectivity index is 1.41. The molecule has 1 aromatic rings. The average Bonchev–Trinajstić information content (AvgIpc) is 2.51. The van der Waals surface area contributed by atoms with Crippen molar-refractivity contribution >= 4 is 5.97 Å². The SMILES string of the molecule is COC(=O)c1ccc(CCC23CC4CC(CC(C4)C2)C3)cc1. The largest absolute Gasteiger partial charge is 0.465 e. The van der Waals surface area contributed by atoms with Gasteiger partial charge in [-0.25, -0.2) is 4.79 Å². The second-order valence-corrected chi connectivity index (χ2v) is 8.11. The van der Waals surface area contributed by atoms with E-state index in [4.69, 9.17) is 4.74 Å². The van der Waals surface area contributed by atoms with Crippen LogP contribution < -0.4 is 0 Å². The lowest BCUT2D eigenvalue weighted by molar-refractivity contribution is -0.0569. The third kappa shape index (κ3) is 2.57. The van der Waals surface area contributed by atoms with E-state index in [1.807, 2.05) is 12.1 Å². The summed E-state index contributed by atoms with van der Waals surface area (Å²) in [7, 11) is 1.43. The van der Waals surface area contributed by atoms with Crippen molar-refractivity contribution in [3.05, 3.63) is 35.4 Å². The molecule has 0 saturated heterocycles. The van der Waals surface area contributed by atoms with E-state index in [9.17, 15) is 4.79 Å². The van der Waals surface area contributed by atoms with Gasteiger partial charge >= 0.3 is 5.97 Å². The molecule has 1 aromatic carbocycles. The van der Waals surface area contributed by atoms with Crippen molar-refractivity contribution in [1.29, 1.82) is 0 Å². The Hall–Kier alpha value is -1.31. The molecule has 4 bridgehead atoms. The first-order valence-electron chi connectivity index (χ1n) is 8.83. The lowest BCUT2D eigenvalue weighted by Gasteiger charge is -2.57. The lowest BCUT2D eigenvalue weighted by atomic mass is 9.48. The summed E-state index contributed by atoms with van der Waals surface area (Å²) in [5.74, 6) is 2.86. The van der Waals surface area contributed by atoms with Crippen LogP contribution >= 0.6 is 0 Å². The molecule has 2 nitrogen and oxygen atoms in total. The first-order valence-corrected chi connectivity index (χ1v) is 8.83. The highest BCUT2D eigenvalue weighted by Crippen LogP contribution is 2.61. The van der Waals surface area contributed by atoms with Gasteiger partial charge < -0.3 is 4.74 Å². The Kier molecular flexibility index (Phi) is 3.51. The predicted octanol–water partition coefficient (Wildman–Crippen LogP) is 4.62. The summed E-state index contributed by atoms with van der Waals surface area (Å²) in [5, 5.41) is 0. The normalized spacial score (nSPS) is 35.6. The highest BCUT2D eigenvalue weighted by atomic mass is 16.5. The molecule has 0 spiro atoms. The summed E-state index contributed by atoms with van der Waals surface area (Å²) in [6.07, 6.45) is 11.5. The van der Waals surface area contributed by atoms with Gasteiger partial charge in [0.15, 0.2) is 0 Å². The predicted molar refractivity (Wildman–Crippen MR) is 86.7 cm³/mol. The van der Waals surface area contributed by atoms with E-state index in [1.54, 1.807) is 0 Å². The van der Waals surface area contributed by atoms with E-state index in [-0.39, 0.29) is 5.97 Å². The van der Waals surface area contributed by atoms with Crippen LogP contribution in [-0.4, -0.2) is 13.1 Å². The van der Waals surface area contributed by atoms with Crippen LogP contribution in [0.25, 0.3) is 0 Å². The van der Waals surface area contributed by atoms with Crippen LogP contribution in [0.4, 0.5) is 0 Å². The van der Waals surface area contributed by atoms with Crippen LogP contribution in [-0.2, 0) is 11.2 Å².